The molecule has 1 aliphatic carbocycles. The van der Waals surface area contributed by atoms with E-state index in [1.54, 1.807) is 0 Å². The standard InChI is InChI=1S/C15H22ClNO/c1-14(18,12-6-5-7-13(16)10-12)15(11-17)8-3-2-4-9-15/h5-7,10,18H,2-4,8-9,11,17H2,1H3. The predicted molar refractivity (Wildman–Crippen MR) is 75.6 cm³/mol. The van der Waals surface area contributed by atoms with E-state index in [0.717, 1.165) is 31.2 Å². The fourth-order valence-corrected chi connectivity index (χ4v) is 3.41. The molecule has 0 aliphatic heterocycles. The molecule has 0 heterocycles. The second-order valence-electron chi connectivity index (χ2n) is 5.63. The summed E-state index contributed by atoms with van der Waals surface area (Å²) >= 11 is 6.04. The molecule has 2 nitrogen and oxygen atoms in total. The number of nitrogens with two attached hydrogens (primary N) is 1. The fraction of sp³-hybridized carbons (Fsp3) is 0.600. The summed E-state index contributed by atoms with van der Waals surface area (Å²) in [7, 11) is 0. The van der Waals surface area contributed by atoms with Crippen LogP contribution >= 0.6 is 11.6 Å². The van der Waals surface area contributed by atoms with Gasteiger partial charge in [0.1, 0.15) is 0 Å². The maximum Gasteiger partial charge on any atom is 0.0937 e. The first-order valence-corrected chi connectivity index (χ1v) is 7.08. The predicted octanol–water partition coefficient (Wildman–Crippen LogP) is 3.46. The van der Waals surface area contributed by atoms with Crippen LogP contribution in [-0.2, 0) is 5.60 Å². The van der Waals surface area contributed by atoms with Gasteiger partial charge in [-0.3, -0.25) is 0 Å². The molecule has 0 saturated heterocycles. The van der Waals surface area contributed by atoms with E-state index < -0.39 is 5.60 Å². The van der Waals surface area contributed by atoms with Crippen LogP contribution in [0.15, 0.2) is 24.3 Å². The highest BCUT2D eigenvalue weighted by Crippen LogP contribution is 2.49. The minimum atomic E-state index is -0.910. The zero-order chi connectivity index (χ0) is 13.2. The molecule has 1 atom stereocenters. The molecule has 3 N–H and O–H groups in total. The van der Waals surface area contributed by atoms with Gasteiger partial charge in [-0.15, -0.1) is 0 Å². The van der Waals surface area contributed by atoms with Gasteiger partial charge in [0.15, 0.2) is 0 Å². The van der Waals surface area contributed by atoms with Gasteiger partial charge in [-0.1, -0.05) is 43.0 Å². The number of hydrogen-bond donors (Lipinski definition) is 2. The highest BCUT2D eigenvalue weighted by molar-refractivity contribution is 6.30. The smallest absolute Gasteiger partial charge is 0.0937 e. The van der Waals surface area contributed by atoms with E-state index in [4.69, 9.17) is 17.3 Å². The molecule has 1 aromatic rings. The molecule has 100 valence electrons. The molecule has 1 fully saturated rings. The van der Waals surface area contributed by atoms with Crippen molar-refractivity contribution in [3.05, 3.63) is 34.9 Å². The molecule has 18 heavy (non-hydrogen) atoms. The molecule has 0 aromatic heterocycles. The van der Waals surface area contributed by atoms with Gasteiger partial charge < -0.3 is 10.8 Å². The van der Waals surface area contributed by atoms with Gasteiger partial charge in [-0.05, 0) is 37.5 Å². The Morgan fingerprint density at radius 2 is 2.00 bits per heavy atom. The maximum atomic E-state index is 11.0. The molecule has 1 unspecified atom stereocenters. The third-order valence-electron chi connectivity index (χ3n) is 4.62. The first-order chi connectivity index (χ1) is 8.52. The molecule has 0 amide bonds. The number of halogens is 1. The lowest BCUT2D eigenvalue weighted by Crippen LogP contribution is -2.49. The maximum absolute atomic E-state index is 11.0. The molecule has 2 rings (SSSR count). The van der Waals surface area contributed by atoms with Gasteiger partial charge in [0.05, 0.1) is 5.60 Å². The van der Waals surface area contributed by atoms with Crippen molar-refractivity contribution in [1.82, 2.24) is 0 Å². The van der Waals surface area contributed by atoms with Gasteiger partial charge in [0.2, 0.25) is 0 Å². The number of aliphatic hydroxyl groups is 1. The van der Waals surface area contributed by atoms with Gasteiger partial charge in [0.25, 0.3) is 0 Å². The molecular weight excluding hydrogens is 246 g/mol. The lowest BCUT2D eigenvalue weighted by Gasteiger charge is -2.47. The Labute approximate surface area is 114 Å². The zero-order valence-electron chi connectivity index (χ0n) is 11.0. The molecule has 1 saturated carbocycles. The highest BCUT2D eigenvalue weighted by atomic mass is 35.5. The van der Waals surface area contributed by atoms with Crippen molar-refractivity contribution in [2.24, 2.45) is 11.1 Å². The average Bonchev–Trinajstić information content (AvgIpc) is 2.39. The summed E-state index contributed by atoms with van der Waals surface area (Å²) in [6, 6.07) is 7.52. The Morgan fingerprint density at radius 3 is 2.56 bits per heavy atom. The van der Waals surface area contributed by atoms with Gasteiger partial charge in [-0.2, -0.15) is 0 Å². The van der Waals surface area contributed by atoms with Crippen molar-refractivity contribution >= 4 is 11.6 Å². The largest absolute Gasteiger partial charge is 0.385 e. The Bertz CT molecular complexity index is 411. The first kappa shape index (κ1) is 13.9. The summed E-state index contributed by atoms with van der Waals surface area (Å²) in [5.74, 6) is 0. The van der Waals surface area contributed by atoms with Crippen molar-refractivity contribution in [1.29, 1.82) is 0 Å². The van der Waals surface area contributed by atoms with Crippen molar-refractivity contribution in [2.75, 3.05) is 6.54 Å². The van der Waals surface area contributed by atoms with Crippen LogP contribution in [0.3, 0.4) is 0 Å². The lowest BCUT2D eigenvalue weighted by molar-refractivity contribution is -0.0918. The van der Waals surface area contributed by atoms with Crippen LogP contribution in [0.1, 0.15) is 44.6 Å². The third kappa shape index (κ3) is 2.29. The molecule has 1 aliphatic rings. The van der Waals surface area contributed by atoms with Crippen LogP contribution in [0.4, 0.5) is 0 Å². The van der Waals surface area contributed by atoms with Crippen LogP contribution < -0.4 is 5.73 Å². The van der Waals surface area contributed by atoms with E-state index in [1.165, 1.54) is 6.42 Å². The van der Waals surface area contributed by atoms with E-state index >= 15 is 0 Å². The van der Waals surface area contributed by atoms with E-state index in [0.29, 0.717) is 11.6 Å². The minimum absolute atomic E-state index is 0.212. The van der Waals surface area contributed by atoms with Crippen molar-refractivity contribution in [3.8, 4) is 0 Å². The van der Waals surface area contributed by atoms with Gasteiger partial charge >= 0.3 is 0 Å². The quantitative estimate of drug-likeness (QED) is 0.881. The average molecular weight is 268 g/mol. The number of hydrogen-bond acceptors (Lipinski definition) is 2. The summed E-state index contributed by atoms with van der Waals surface area (Å²) in [6.07, 6.45) is 5.52. The summed E-state index contributed by atoms with van der Waals surface area (Å²) in [6.45, 7) is 2.41. The summed E-state index contributed by atoms with van der Waals surface area (Å²) in [5.41, 5.74) is 5.76. The molecule has 0 spiro atoms. The Kier molecular flexibility index (Phi) is 4.00. The van der Waals surface area contributed by atoms with Gasteiger partial charge in [-0.25, -0.2) is 0 Å². The van der Waals surface area contributed by atoms with E-state index in [9.17, 15) is 5.11 Å². The van der Waals surface area contributed by atoms with Crippen LogP contribution in [-0.4, -0.2) is 11.7 Å². The van der Waals surface area contributed by atoms with Crippen LogP contribution in [0.2, 0.25) is 5.02 Å². The van der Waals surface area contributed by atoms with E-state index in [-0.39, 0.29) is 5.41 Å². The Morgan fingerprint density at radius 1 is 1.33 bits per heavy atom. The topological polar surface area (TPSA) is 46.2 Å². The summed E-state index contributed by atoms with van der Waals surface area (Å²) < 4.78 is 0. The normalized spacial score (nSPS) is 22.4. The molecule has 1 aromatic carbocycles. The SMILES string of the molecule is CC(O)(c1cccc(Cl)c1)C1(CN)CCCCC1. The van der Waals surface area contributed by atoms with Crippen molar-refractivity contribution in [2.45, 2.75) is 44.6 Å². The summed E-state index contributed by atoms with van der Waals surface area (Å²) in [5, 5.41) is 11.7. The molecule has 0 bridgehead atoms. The first-order valence-electron chi connectivity index (χ1n) is 6.70. The number of rotatable bonds is 3. The molecule has 3 heteroatoms. The van der Waals surface area contributed by atoms with Crippen molar-refractivity contribution in [3.63, 3.8) is 0 Å². The van der Waals surface area contributed by atoms with E-state index in [1.807, 2.05) is 31.2 Å². The summed E-state index contributed by atoms with van der Waals surface area (Å²) in [4.78, 5) is 0. The number of benzene rings is 1. The monoisotopic (exact) mass is 267 g/mol. The van der Waals surface area contributed by atoms with E-state index in [2.05, 4.69) is 0 Å². The van der Waals surface area contributed by atoms with Crippen LogP contribution in [0, 0.1) is 5.41 Å². The molecular formula is C15H22ClNO. The second kappa shape index (κ2) is 5.20. The zero-order valence-corrected chi connectivity index (χ0v) is 11.7. The van der Waals surface area contributed by atoms with Crippen LogP contribution in [0.25, 0.3) is 0 Å². The van der Waals surface area contributed by atoms with Crippen molar-refractivity contribution < 1.29 is 5.11 Å². The van der Waals surface area contributed by atoms with Crippen LogP contribution in [0.5, 0.6) is 0 Å². The third-order valence-corrected chi connectivity index (χ3v) is 4.86. The second-order valence-corrected chi connectivity index (χ2v) is 6.06. The van der Waals surface area contributed by atoms with Gasteiger partial charge in [0, 0.05) is 17.0 Å². The fourth-order valence-electron chi connectivity index (χ4n) is 3.22. The Hall–Kier alpha value is -0.570. The highest BCUT2D eigenvalue weighted by Gasteiger charge is 2.47. The Balaban J connectivity index is 2.38. The minimum Gasteiger partial charge on any atom is -0.385 e. The lowest BCUT2D eigenvalue weighted by atomic mass is 9.61. The molecule has 0 radical (unpaired) electrons.